The highest BCUT2D eigenvalue weighted by Gasteiger charge is 2.32. The molecule has 2 N–H and O–H groups in total. The Hall–Kier alpha value is -0.610. The van der Waals surface area contributed by atoms with Crippen molar-refractivity contribution in [1.29, 1.82) is 0 Å². The van der Waals surface area contributed by atoms with Gasteiger partial charge >= 0.3 is 5.97 Å². The van der Waals surface area contributed by atoms with Crippen LogP contribution in [0.1, 0.15) is 20.3 Å². The first-order valence-electron chi connectivity index (χ1n) is 4.79. The van der Waals surface area contributed by atoms with Crippen molar-refractivity contribution in [3.8, 4) is 0 Å². The number of methoxy groups -OCH3 is 1. The smallest absolute Gasteiger partial charge is 0.323 e. The quantitative estimate of drug-likeness (QED) is 0.658. The number of rotatable bonds is 5. The molecule has 0 spiro atoms. The van der Waals surface area contributed by atoms with Crippen LogP contribution in [-0.2, 0) is 9.53 Å². The number of hydrogen-bond donors (Lipinski definition) is 1. The van der Waals surface area contributed by atoms with Gasteiger partial charge < -0.3 is 15.4 Å². The van der Waals surface area contributed by atoms with E-state index in [2.05, 4.69) is 9.64 Å². The summed E-state index contributed by atoms with van der Waals surface area (Å²) in [7, 11) is 5.36. The highest BCUT2D eigenvalue weighted by molar-refractivity contribution is 5.76. The van der Waals surface area contributed by atoms with Gasteiger partial charge in [-0.3, -0.25) is 4.79 Å². The lowest BCUT2D eigenvalue weighted by Gasteiger charge is -2.30. The van der Waals surface area contributed by atoms with E-state index in [0.717, 1.165) is 13.0 Å². The molecule has 0 saturated heterocycles. The fraction of sp³-hybridized carbons (Fsp3) is 0.900. The van der Waals surface area contributed by atoms with Crippen molar-refractivity contribution in [1.82, 2.24) is 4.90 Å². The average Bonchev–Trinajstić information content (AvgIpc) is 2.12. The summed E-state index contributed by atoms with van der Waals surface area (Å²) in [6.45, 7) is 4.88. The fourth-order valence-electron chi connectivity index (χ4n) is 1.11. The maximum atomic E-state index is 11.2. The van der Waals surface area contributed by atoms with E-state index in [4.69, 9.17) is 5.73 Å². The summed E-state index contributed by atoms with van der Waals surface area (Å²) in [5.41, 5.74) is 5.57. The summed E-state index contributed by atoms with van der Waals surface area (Å²) in [6.07, 6.45) is 0.871. The monoisotopic (exact) mass is 202 g/mol. The Kier molecular flexibility index (Phi) is 5.08. The number of hydrogen-bond acceptors (Lipinski definition) is 4. The van der Waals surface area contributed by atoms with Crippen LogP contribution in [0.25, 0.3) is 0 Å². The van der Waals surface area contributed by atoms with Crippen molar-refractivity contribution in [3.63, 3.8) is 0 Å². The van der Waals surface area contributed by atoms with Crippen LogP contribution in [0.2, 0.25) is 0 Å². The van der Waals surface area contributed by atoms with Gasteiger partial charge in [0, 0.05) is 0 Å². The molecule has 0 amide bonds. The second-order valence-corrected chi connectivity index (χ2v) is 4.54. The Bertz CT molecular complexity index is 191. The number of nitrogens with zero attached hydrogens (tertiary/aromatic N) is 1. The maximum absolute atomic E-state index is 11.2. The van der Waals surface area contributed by atoms with Gasteiger partial charge in [-0.25, -0.2) is 0 Å². The molecule has 4 heteroatoms. The zero-order valence-electron chi connectivity index (χ0n) is 9.83. The molecule has 84 valence electrons. The van der Waals surface area contributed by atoms with Gasteiger partial charge in [0.15, 0.2) is 0 Å². The molecule has 0 aliphatic heterocycles. The van der Waals surface area contributed by atoms with E-state index in [0.29, 0.717) is 0 Å². The third-order valence-corrected chi connectivity index (χ3v) is 2.50. The SMILES string of the molecule is COC(=O)C(N)C(C)(C)CCN(C)C. The molecule has 0 heterocycles. The molecule has 0 radical (unpaired) electrons. The Morgan fingerprint density at radius 1 is 1.50 bits per heavy atom. The van der Waals surface area contributed by atoms with Crippen molar-refractivity contribution >= 4 is 5.97 Å². The van der Waals surface area contributed by atoms with Crippen LogP contribution in [0.4, 0.5) is 0 Å². The molecule has 0 aliphatic carbocycles. The third-order valence-electron chi connectivity index (χ3n) is 2.50. The molecule has 0 aromatic rings. The number of carbonyl (C=O) groups is 1. The van der Waals surface area contributed by atoms with Gasteiger partial charge in [-0.15, -0.1) is 0 Å². The number of nitrogens with two attached hydrogens (primary N) is 1. The Morgan fingerprint density at radius 3 is 2.36 bits per heavy atom. The van der Waals surface area contributed by atoms with Crippen molar-refractivity contribution in [2.24, 2.45) is 11.1 Å². The summed E-state index contributed by atoms with van der Waals surface area (Å²) in [5, 5.41) is 0. The van der Waals surface area contributed by atoms with Gasteiger partial charge in [0.2, 0.25) is 0 Å². The summed E-state index contributed by atoms with van der Waals surface area (Å²) in [6, 6.07) is -0.549. The zero-order valence-corrected chi connectivity index (χ0v) is 9.83. The Labute approximate surface area is 86.4 Å². The van der Waals surface area contributed by atoms with Gasteiger partial charge in [0.1, 0.15) is 6.04 Å². The van der Waals surface area contributed by atoms with E-state index in [1.165, 1.54) is 7.11 Å². The average molecular weight is 202 g/mol. The van der Waals surface area contributed by atoms with Crippen molar-refractivity contribution in [3.05, 3.63) is 0 Å². The number of esters is 1. The minimum Gasteiger partial charge on any atom is -0.468 e. The van der Waals surface area contributed by atoms with E-state index in [-0.39, 0.29) is 11.4 Å². The molecule has 0 rings (SSSR count). The van der Waals surface area contributed by atoms with E-state index >= 15 is 0 Å². The van der Waals surface area contributed by atoms with E-state index < -0.39 is 6.04 Å². The van der Waals surface area contributed by atoms with Crippen molar-refractivity contribution in [2.75, 3.05) is 27.7 Å². The molecule has 0 saturated carbocycles. The van der Waals surface area contributed by atoms with Crippen LogP contribution in [-0.4, -0.2) is 44.7 Å². The van der Waals surface area contributed by atoms with Crippen LogP contribution in [0, 0.1) is 5.41 Å². The maximum Gasteiger partial charge on any atom is 0.323 e. The molecule has 0 aliphatic rings. The van der Waals surface area contributed by atoms with Gasteiger partial charge in [-0.2, -0.15) is 0 Å². The molecule has 4 nitrogen and oxygen atoms in total. The van der Waals surface area contributed by atoms with Crippen molar-refractivity contribution in [2.45, 2.75) is 26.3 Å². The summed E-state index contributed by atoms with van der Waals surface area (Å²) < 4.78 is 4.63. The van der Waals surface area contributed by atoms with E-state index in [1.54, 1.807) is 0 Å². The Balaban J connectivity index is 4.22. The highest BCUT2D eigenvalue weighted by Crippen LogP contribution is 2.24. The second-order valence-electron chi connectivity index (χ2n) is 4.54. The van der Waals surface area contributed by atoms with Crippen LogP contribution in [0.15, 0.2) is 0 Å². The lowest BCUT2D eigenvalue weighted by Crippen LogP contribution is -2.45. The van der Waals surface area contributed by atoms with Crippen LogP contribution in [0.3, 0.4) is 0 Å². The first-order chi connectivity index (χ1) is 6.31. The minimum atomic E-state index is -0.549. The van der Waals surface area contributed by atoms with Crippen LogP contribution < -0.4 is 5.73 Å². The molecular formula is C10H22N2O2. The van der Waals surface area contributed by atoms with Gasteiger partial charge in [-0.1, -0.05) is 13.8 Å². The molecule has 14 heavy (non-hydrogen) atoms. The van der Waals surface area contributed by atoms with E-state index in [9.17, 15) is 4.79 Å². The highest BCUT2D eigenvalue weighted by atomic mass is 16.5. The fourth-order valence-corrected chi connectivity index (χ4v) is 1.11. The molecule has 0 fully saturated rings. The standard InChI is InChI=1S/C10H22N2O2/c1-10(2,6-7-12(3)4)8(11)9(13)14-5/h8H,6-7,11H2,1-5H3. The molecular weight excluding hydrogens is 180 g/mol. The topological polar surface area (TPSA) is 55.6 Å². The third kappa shape index (κ3) is 4.07. The predicted octanol–water partition coefficient (Wildman–Crippen LogP) is 0.465. The molecule has 0 bridgehead atoms. The normalized spacial score (nSPS) is 14.2. The number of carbonyl (C=O) groups excluding carboxylic acids is 1. The summed E-state index contributed by atoms with van der Waals surface area (Å²) >= 11 is 0. The summed E-state index contributed by atoms with van der Waals surface area (Å²) in [4.78, 5) is 13.3. The van der Waals surface area contributed by atoms with Gasteiger partial charge in [0.05, 0.1) is 7.11 Å². The Morgan fingerprint density at radius 2 is 2.00 bits per heavy atom. The first kappa shape index (κ1) is 13.4. The van der Waals surface area contributed by atoms with Crippen LogP contribution >= 0.6 is 0 Å². The number of ether oxygens (including phenoxy) is 1. The van der Waals surface area contributed by atoms with Crippen LogP contribution in [0.5, 0.6) is 0 Å². The van der Waals surface area contributed by atoms with Gasteiger partial charge in [-0.05, 0) is 32.5 Å². The molecule has 0 aromatic carbocycles. The largest absolute Gasteiger partial charge is 0.468 e. The lowest BCUT2D eigenvalue weighted by atomic mass is 9.81. The lowest BCUT2D eigenvalue weighted by molar-refractivity contribution is -0.145. The summed E-state index contributed by atoms with van der Waals surface area (Å²) in [5.74, 6) is -0.339. The predicted molar refractivity (Wildman–Crippen MR) is 56.9 cm³/mol. The van der Waals surface area contributed by atoms with Crippen molar-refractivity contribution < 1.29 is 9.53 Å². The first-order valence-corrected chi connectivity index (χ1v) is 4.79. The van der Waals surface area contributed by atoms with E-state index in [1.807, 2.05) is 27.9 Å². The minimum absolute atomic E-state index is 0.225. The van der Waals surface area contributed by atoms with Gasteiger partial charge in [0.25, 0.3) is 0 Å². The molecule has 0 aromatic heterocycles. The zero-order chi connectivity index (χ0) is 11.4. The second kappa shape index (κ2) is 5.32. The molecule has 1 atom stereocenters. The molecule has 1 unspecified atom stereocenters.